The molecule has 23 heavy (non-hydrogen) atoms. The van der Waals surface area contributed by atoms with Crippen molar-refractivity contribution in [3.63, 3.8) is 0 Å². The Bertz CT molecular complexity index is 562. The minimum Gasteiger partial charge on any atom is -0.375 e. The number of hydrogen-bond donors (Lipinski definition) is 0. The van der Waals surface area contributed by atoms with Crippen LogP contribution in [0, 0.1) is 0 Å². The van der Waals surface area contributed by atoms with Gasteiger partial charge in [0.2, 0.25) is 5.91 Å². The predicted octanol–water partition coefficient (Wildman–Crippen LogP) is 3.77. The smallest absolute Gasteiger partial charge is 0.375 e. The number of carbonyl (C=O) groups is 1. The fourth-order valence-corrected chi connectivity index (χ4v) is 3.42. The lowest BCUT2D eigenvalue weighted by Crippen LogP contribution is -2.32. The summed E-state index contributed by atoms with van der Waals surface area (Å²) >= 11 is 0. The van der Waals surface area contributed by atoms with E-state index in [1.165, 1.54) is 12.1 Å². The average molecular weight is 327 g/mol. The summed E-state index contributed by atoms with van der Waals surface area (Å²) in [5.41, 5.74) is -0.110. The van der Waals surface area contributed by atoms with E-state index in [1.54, 1.807) is 4.90 Å². The molecule has 0 aliphatic carbocycles. The van der Waals surface area contributed by atoms with Gasteiger partial charge in [0.05, 0.1) is 11.2 Å². The molecule has 2 heterocycles. The lowest BCUT2D eigenvalue weighted by Gasteiger charge is -2.26. The van der Waals surface area contributed by atoms with Gasteiger partial charge in [-0.3, -0.25) is 4.79 Å². The molecule has 0 saturated carbocycles. The molecule has 0 bridgehead atoms. The molecule has 3 nitrogen and oxygen atoms in total. The molecule has 1 atom stereocenters. The van der Waals surface area contributed by atoms with E-state index in [0.717, 1.165) is 50.0 Å². The maximum atomic E-state index is 12.6. The van der Waals surface area contributed by atoms with Crippen molar-refractivity contribution in [1.82, 2.24) is 4.90 Å². The molecule has 3 rings (SSSR count). The second-order valence-corrected chi connectivity index (χ2v) is 6.40. The van der Waals surface area contributed by atoms with Gasteiger partial charge in [-0.1, -0.05) is 12.1 Å². The Labute approximate surface area is 133 Å². The number of likely N-dealkylation sites (tertiary alicyclic amines) is 1. The number of halogens is 3. The molecule has 2 fully saturated rings. The molecule has 0 unspecified atom stereocenters. The minimum absolute atomic E-state index is 0.0530. The van der Waals surface area contributed by atoms with E-state index in [9.17, 15) is 18.0 Å². The molecule has 2 aliphatic rings. The summed E-state index contributed by atoms with van der Waals surface area (Å²) in [6.45, 7) is 1.71. The molecular weight excluding hydrogens is 307 g/mol. The number of ether oxygens (including phenoxy) is 1. The lowest BCUT2D eigenvalue weighted by atomic mass is 9.92. The van der Waals surface area contributed by atoms with E-state index in [0.29, 0.717) is 19.5 Å². The Hall–Kier alpha value is -1.56. The van der Waals surface area contributed by atoms with Gasteiger partial charge in [0.15, 0.2) is 0 Å². The van der Waals surface area contributed by atoms with Crippen molar-refractivity contribution in [3.05, 3.63) is 35.4 Å². The van der Waals surface area contributed by atoms with Gasteiger partial charge in [0.1, 0.15) is 0 Å². The highest BCUT2D eigenvalue weighted by Crippen LogP contribution is 2.36. The highest BCUT2D eigenvalue weighted by Gasteiger charge is 2.38. The zero-order chi connectivity index (χ0) is 16.5. The van der Waals surface area contributed by atoms with Crippen molar-refractivity contribution in [2.75, 3.05) is 13.2 Å². The Kier molecular flexibility index (Phi) is 4.36. The fourth-order valence-electron chi connectivity index (χ4n) is 3.42. The van der Waals surface area contributed by atoms with Crippen molar-refractivity contribution in [3.8, 4) is 0 Å². The van der Waals surface area contributed by atoms with Crippen LogP contribution in [0.4, 0.5) is 13.2 Å². The van der Waals surface area contributed by atoms with Crippen molar-refractivity contribution in [1.29, 1.82) is 0 Å². The van der Waals surface area contributed by atoms with E-state index >= 15 is 0 Å². The van der Waals surface area contributed by atoms with Gasteiger partial charge in [-0.05, 0) is 43.4 Å². The van der Waals surface area contributed by atoms with Crippen LogP contribution in [0.2, 0.25) is 0 Å². The van der Waals surface area contributed by atoms with E-state index in [-0.39, 0.29) is 11.5 Å². The number of rotatable bonds is 2. The van der Waals surface area contributed by atoms with Crippen LogP contribution in [0.3, 0.4) is 0 Å². The van der Waals surface area contributed by atoms with Gasteiger partial charge in [-0.15, -0.1) is 0 Å². The summed E-state index contributed by atoms with van der Waals surface area (Å²) < 4.78 is 43.6. The van der Waals surface area contributed by atoms with Crippen molar-refractivity contribution < 1.29 is 22.7 Å². The lowest BCUT2D eigenvalue weighted by molar-refractivity contribution is -0.137. The summed E-state index contributed by atoms with van der Waals surface area (Å²) in [7, 11) is 0. The van der Waals surface area contributed by atoms with Gasteiger partial charge in [-0.2, -0.15) is 13.2 Å². The third-order valence-electron chi connectivity index (χ3n) is 4.82. The van der Waals surface area contributed by atoms with Crippen LogP contribution in [0.5, 0.6) is 0 Å². The number of nitrogens with zero attached hydrogens (tertiary/aromatic N) is 1. The Balaban J connectivity index is 1.66. The highest BCUT2D eigenvalue weighted by atomic mass is 19.4. The third-order valence-corrected chi connectivity index (χ3v) is 4.82. The maximum Gasteiger partial charge on any atom is 0.416 e. The summed E-state index contributed by atoms with van der Waals surface area (Å²) in [5.74, 6) is 0.0530. The molecule has 1 aromatic rings. The van der Waals surface area contributed by atoms with Crippen LogP contribution in [-0.4, -0.2) is 29.6 Å². The van der Waals surface area contributed by atoms with Crippen LogP contribution in [0.25, 0.3) is 0 Å². The highest BCUT2D eigenvalue weighted by molar-refractivity contribution is 5.76. The maximum absolute atomic E-state index is 12.6. The topological polar surface area (TPSA) is 29.5 Å². The average Bonchev–Trinajstić information content (AvgIpc) is 2.92. The molecule has 2 saturated heterocycles. The van der Waals surface area contributed by atoms with E-state index in [2.05, 4.69) is 0 Å². The monoisotopic (exact) mass is 327 g/mol. The standard InChI is InChI=1S/C17H20F3NO2/c18-17(19,20)14-4-2-13(3-5-14)12-21-10-9-16(7-1-11-23-16)8-6-15(21)22/h2-5H,1,6-12H2/t16-/m0/s1. The first kappa shape index (κ1) is 16.3. The van der Waals surface area contributed by atoms with Crippen LogP contribution in [-0.2, 0) is 22.3 Å². The van der Waals surface area contributed by atoms with Gasteiger partial charge in [0.25, 0.3) is 0 Å². The molecule has 126 valence electrons. The molecule has 0 radical (unpaired) electrons. The quantitative estimate of drug-likeness (QED) is 0.827. The zero-order valence-electron chi connectivity index (χ0n) is 12.9. The Morgan fingerprint density at radius 1 is 1.13 bits per heavy atom. The molecule has 0 aromatic heterocycles. The molecule has 1 aromatic carbocycles. The summed E-state index contributed by atoms with van der Waals surface area (Å²) in [4.78, 5) is 14.0. The van der Waals surface area contributed by atoms with E-state index < -0.39 is 11.7 Å². The fraction of sp³-hybridized carbons (Fsp3) is 0.588. The SMILES string of the molecule is O=C1CC[C@@]2(CCCO2)CCN1Cc1ccc(C(F)(F)F)cc1. The van der Waals surface area contributed by atoms with Crippen molar-refractivity contribution in [2.24, 2.45) is 0 Å². The van der Waals surface area contributed by atoms with Gasteiger partial charge in [0, 0.05) is 26.1 Å². The van der Waals surface area contributed by atoms with E-state index in [1.807, 2.05) is 0 Å². The summed E-state index contributed by atoms with van der Waals surface area (Å²) in [5, 5.41) is 0. The summed E-state index contributed by atoms with van der Waals surface area (Å²) in [6.07, 6.45) is -0.306. The molecular formula is C17H20F3NO2. The number of hydrogen-bond acceptors (Lipinski definition) is 2. The third kappa shape index (κ3) is 3.68. The number of benzene rings is 1. The molecule has 6 heteroatoms. The van der Waals surface area contributed by atoms with Crippen LogP contribution >= 0.6 is 0 Å². The van der Waals surface area contributed by atoms with Gasteiger partial charge in [-0.25, -0.2) is 0 Å². The second-order valence-electron chi connectivity index (χ2n) is 6.40. The number of amides is 1. The van der Waals surface area contributed by atoms with Gasteiger partial charge < -0.3 is 9.64 Å². The van der Waals surface area contributed by atoms with Crippen LogP contribution < -0.4 is 0 Å². The first-order valence-electron chi connectivity index (χ1n) is 7.96. The number of carbonyl (C=O) groups excluding carboxylic acids is 1. The molecule has 1 spiro atoms. The number of alkyl halides is 3. The summed E-state index contributed by atoms with van der Waals surface area (Å²) in [6, 6.07) is 5.03. The zero-order valence-corrected chi connectivity index (χ0v) is 12.9. The van der Waals surface area contributed by atoms with E-state index in [4.69, 9.17) is 4.74 Å². The van der Waals surface area contributed by atoms with Crippen molar-refractivity contribution >= 4 is 5.91 Å². The Morgan fingerprint density at radius 2 is 1.87 bits per heavy atom. The second kappa shape index (κ2) is 6.15. The van der Waals surface area contributed by atoms with Crippen molar-refractivity contribution in [2.45, 2.75) is 50.4 Å². The molecule has 2 aliphatic heterocycles. The normalized spacial score (nSPS) is 25.9. The van der Waals surface area contributed by atoms with Crippen LogP contribution in [0.1, 0.15) is 43.2 Å². The van der Waals surface area contributed by atoms with Crippen LogP contribution in [0.15, 0.2) is 24.3 Å². The Morgan fingerprint density at radius 3 is 2.48 bits per heavy atom. The first-order chi connectivity index (χ1) is 10.9. The first-order valence-corrected chi connectivity index (χ1v) is 7.96. The largest absolute Gasteiger partial charge is 0.416 e. The van der Waals surface area contributed by atoms with Gasteiger partial charge >= 0.3 is 6.18 Å². The molecule has 0 N–H and O–H groups in total. The predicted molar refractivity (Wildman–Crippen MR) is 78.6 cm³/mol. The molecule has 1 amide bonds. The minimum atomic E-state index is -4.33.